The van der Waals surface area contributed by atoms with Crippen LogP contribution in [0.25, 0.3) is 0 Å². The molecule has 0 unspecified atom stereocenters. The fourth-order valence-electron chi connectivity index (χ4n) is 0.619. The molecule has 0 aliphatic heterocycles. The van der Waals surface area contributed by atoms with Gasteiger partial charge in [0.05, 0.1) is 0 Å². The van der Waals surface area contributed by atoms with Gasteiger partial charge < -0.3 is 0 Å². The van der Waals surface area contributed by atoms with Crippen LogP contribution in [0.5, 0.6) is 0 Å². The maximum atomic E-state index is 11.2. The van der Waals surface area contributed by atoms with Crippen molar-refractivity contribution in [1.82, 2.24) is 5.54 Å². The van der Waals surface area contributed by atoms with Gasteiger partial charge in [-0.05, 0) is 6.42 Å². The fourth-order valence-corrected chi connectivity index (χ4v) is 0.619. The van der Waals surface area contributed by atoms with E-state index >= 15 is 0 Å². The molecule has 0 spiro atoms. The molecule has 0 aromatic heterocycles. The molecule has 8 heavy (non-hydrogen) atoms. The van der Waals surface area contributed by atoms with Gasteiger partial charge in [0.2, 0.25) is 0 Å². The molecule has 0 aliphatic rings. The Kier molecular flexibility index (Phi) is 6.80. The largest absolute Gasteiger partial charge is 0.159 e. The molecule has 0 heterocycles. The summed E-state index contributed by atoms with van der Waals surface area (Å²) in [6, 6.07) is 0. The lowest BCUT2D eigenvalue weighted by Crippen LogP contribution is -2.01. The van der Waals surface area contributed by atoms with E-state index in [1.165, 1.54) is 12.8 Å². The van der Waals surface area contributed by atoms with Gasteiger partial charge in [0.15, 0.2) is 0 Å². The smallest absolute Gasteiger partial charge is 0.0259 e. The van der Waals surface area contributed by atoms with E-state index in [0.29, 0.717) is 6.54 Å². The Morgan fingerprint density at radius 2 is 2.00 bits per heavy atom. The zero-order valence-corrected chi connectivity index (χ0v) is 5.41. The van der Waals surface area contributed by atoms with Gasteiger partial charge in [0.25, 0.3) is 0 Å². The molecule has 0 aromatic rings. The maximum Gasteiger partial charge on any atom is 0.0259 e. The highest BCUT2D eigenvalue weighted by Gasteiger charge is 1.84. The minimum absolute atomic E-state index is 0.514. The predicted molar refractivity (Wildman–Crippen MR) is 33.3 cm³/mol. The predicted octanol–water partition coefficient (Wildman–Crippen LogP) is 2.04. The van der Waals surface area contributed by atoms with Crippen LogP contribution in [0.1, 0.15) is 32.6 Å². The van der Waals surface area contributed by atoms with E-state index < -0.39 is 0 Å². The Bertz CT molecular complexity index is 33.5. The first-order valence-corrected chi connectivity index (χ1v) is 3.25. The molecule has 0 saturated heterocycles. The molecule has 0 bridgehead atoms. The van der Waals surface area contributed by atoms with Crippen LogP contribution in [0, 0.1) is 0 Å². The highest BCUT2D eigenvalue weighted by Crippen LogP contribution is 1.96. The minimum Gasteiger partial charge on any atom is -0.159 e. The third kappa shape index (κ3) is 5.89. The summed E-state index contributed by atoms with van der Waals surface area (Å²) in [7, 11) is 0. The highest BCUT2D eigenvalue weighted by atomic mass is 19.2. The van der Waals surface area contributed by atoms with E-state index in [1.807, 2.05) is 0 Å². The van der Waals surface area contributed by atoms with E-state index in [4.69, 9.17) is 0 Å². The molecule has 0 aliphatic carbocycles. The van der Waals surface area contributed by atoms with Gasteiger partial charge in [-0.15, -0.1) is 4.48 Å². The second-order valence-corrected chi connectivity index (χ2v) is 1.94. The third-order valence-corrected chi connectivity index (χ3v) is 1.12. The van der Waals surface area contributed by atoms with Crippen LogP contribution in [0.4, 0.5) is 4.48 Å². The lowest BCUT2D eigenvalue weighted by atomic mass is 10.2. The van der Waals surface area contributed by atoms with Crippen molar-refractivity contribution < 1.29 is 4.48 Å². The molecule has 1 N–H and O–H groups in total. The summed E-state index contributed by atoms with van der Waals surface area (Å²) in [6.07, 6.45) is 4.55. The van der Waals surface area contributed by atoms with E-state index in [-0.39, 0.29) is 0 Å². The first-order chi connectivity index (χ1) is 3.91. The maximum absolute atomic E-state index is 11.2. The molecule has 0 rings (SSSR count). The van der Waals surface area contributed by atoms with Crippen LogP contribution in [0.15, 0.2) is 0 Å². The quantitative estimate of drug-likeness (QED) is 0.431. The van der Waals surface area contributed by atoms with E-state index in [1.54, 1.807) is 5.54 Å². The normalized spacial score (nSPS) is 9.75. The summed E-state index contributed by atoms with van der Waals surface area (Å²) in [5, 5.41) is 0. The molecule has 1 nitrogen and oxygen atoms in total. The summed E-state index contributed by atoms with van der Waals surface area (Å²) >= 11 is 0. The van der Waals surface area contributed by atoms with E-state index in [9.17, 15) is 4.48 Å². The number of hydrogen-bond acceptors (Lipinski definition) is 1. The average molecular weight is 119 g/mol. The van der Waals surface area contributed by atoms with Gasteiger partial charge >= 0.3 is 0 Å². The van der Waals surface area contributed by atoms with Gasteiger partial charge in [-0.3, -0.25) is 0 Å². The molecule has 50 valence electrons. The molecule has 0 saturated carbocycles. The SMILES string of the molecule is CCCCCCNF. The lowest BCUT2D eigenvalue weighted by Gasteiger charge is -1.93. The van der Waals surface area contributed by atoms with Crippen LogP contribution in [0.3, 0.4) is 0 Å². The minimum atomic E-state index is 0.514. The Balaban J connectivity index is 2.53. The number of halogens is 1. The lowest BCUT2D eigenvalue weighted by molar-refractivity contribution is 0.328. The first-order valence-electron chi connectivity index (χ1n) is 3.25. The summed E-state index contributed by atoms with van der Waals surface area (Å²) in [4.78, 5) is 0. The Labute approximate surface area is 50.2 Å². The summed E-state index contributed by atoms with van der Waals surface area (Å²) in [5.74, 6) is 0. The monoisotopic (exact) mass is 119 g/mol. The second-order valence-electron chi connectivity index (χ2n) is 1.94. The van der Waals surface area contributed by atoms with Crippen molar-refractivity contribution >= 4 is 0 Å². The first kappa shape index (κ1) is 7.89. The molecular weight excluding hydrogens is 105 g/mol. The van der Waals surface area contributed by atoms with Crippen LogP contribution in [-0.4, -0.2) is 6.54 Å². The van der Waals surface area contributed by atoms with Crippen molar-refractivity contribution in [3.05, 3.63) is 0 Å². The van der Waals surface area contributed by atoms with Crippen molar-refractivity contribution in [2.75, 3.05) is 6.54 Å². The van der Waals surface area contributed by atoms with Crippen molar-refractivity contribution in [2.45, 2.75) is 32.6 Å². The topological polar surface area (TPSA) is 12.0 Å². The van der Waals surface area contributed by atoms with E-state index in [0.717, 1.165) is 12.8 Å². The van der Waals surface area contributed by atoms with Gasteiger partial charge in [-0.25, -0.2) is 0 Å². The molecule has 0 atom stereocenters. The standard InChI is InChI=1S/C6H14FN/c1-2-3-4-5-6-8-7/h8H,2-6H2,1H3. The Morgan fingerprint density at radius 3 is 2.50 bits per heavy atom. The number of unbranched alkanes of at least 4 members (excludes halogenated alkanes) is 3. The fraction of sp³-hybridized carbons (Fsp3) is 1.00. The zero-order chi connectivity index (χ0) is 6.24. The highest BCUT2D eigenvalue weighted by molar-refractivity contribution is 4.39. The number of rotatable bonds is 5. The zero-order valence-electron chi connectivity index (χ0n) is 5.41. The van der Waals surface area contributed by atoms with Gasteiger partial charge in [-0.2, -0.15) is 5.54 Å². The van der Waals surface area contributed by atoms with E-state index in [2.05, 4.69) is 6.92 Å². The van der Waals surface area contributed by atoms with Gasteiger partial charge in [0, 0.05) is 6.54 Å². The Morgan fingerprint density at radius 1 is 1.25 bits per heavy atom. The average Bonchev–Trinajstić information content (AvgIpc) is 1.81. The summed E-state index contributed by atoms with van der Waals surface area (Å²) < 4.78 is 11.2. The molecular formula is C6H14FN. The van der Waals surface area contributed by atoms with Crippen LogP contribution < -0.4 is 5.54 Å². The van der Waals surface area contributed by atoms with Crippen molar-refractivity contribution in [3.63, 3.8) is 0 Å². The summed E-state index contributed by atoms with van der Waals surface area (Å²) in [6.45, 7) is 2.66. The van der Waals surface area contributed by atoms with Crippen molar-refractivity contribution in [3.8, 4) is 0 Å². The third-order valence-electron chi connectivity index (χ3n) is 1.12. The Hall–Kier alpha value is -0.110. The van der Waals surface area contributed by atoms with Crippen LogP contribution in [-0.2, 0) is 0 Å². The molecule has 0 radical (unpaired) electrons. The molecule has 2 heteroatoms. The molecule has 0 fully saturated rings. The number of nitrogens with one attached hydrogen (secondary N) is 1. The van der Waals surface area contributed by atoms with Gasteiger partial charge in [-0.1, -0.05) is 26.2 Å². The second kappa shape index (κ2) is 6.89. The molecule has 0 aromatic carbocycles. The van der Waals surface area contributed by atoms with Crippen molar-refractivity contribution in [1.29, 1.82) is 0 Å². The van der Waals surface area contributed by atoms with Gasteiger partial charge in [0.1, 0.15) is 0 Å². The van der Waals surface area contributed by atoms with Crippen LogP contribution in [0.2, 0.25) is 0 Å². The number of hydrogen-bond donors (Lipinski definition) is 1. The molecule has 0 amide bonds. The summed E-state index contributed by atoms with van der Waals surface area (Å²) in [5.41, 5.74) is 1.63. The van der Waals surface area contributed by atoms with Crippen molar-refractivity contribution in [2.24, 2.45) is 0 Å². The van der Waals surface area contributed by atoms with Crippen LogP contribution >= 0.6 is 0 Å².